The lowest BCUT2D eigenvalue weighted by molar-refractivity contribution is -0.0246. The van der Waals surface area contributed by atoms with Gasteiger partial charge in [-0.1, -0.05) is 0 Å². The quantitative estimate of drug-likeness (QED) is 0.765. The topological polar surface area (TPSA) is 96.9 Å². The van der Waals surface area contributed by atoms with Gasteiger partial charge >= 0.3 is 0 Å². The van der Waals surface area contributed by atoms with Gasteiger partial charge in [0.1, 0.15) is 17.4 Å². The molecule has 0 bridgehead atoms. The number of carbonyl (C=O) groups excluding carboxylic acids is 1. The Hall–Kier alpha value is -2.87. The zero-order chi connectivity index (χ0) is 17.9. The van der Waals surface area contributed by atoms with Crippen LogP contribution in [0.1, 0.15) is 28.2 Å². The second kappa shape index (κ2) is 7.17. The first-order chi connectivity index (χ1) is 12.7. The Kier molecular flexibility index (Phi) is 4.57. The molecule has 26 heavy (non-hydrogen) atoms. The van der Waals surface area contributed by atoms with Crippen molar-refractivity contribution in [2.75, 3.05) is 19.7 Å². The second-order valence-corrected chi connectivity index (χ2v) is 6.46. The molecule has 2 aromatic heterocycles. The Morgan fingerprint density at radius 2 is 2.15 bits per heavy atom. The largest absolute Gasteiger partial charge is 0.375 e. The highest BCUT2D eigenvalue weighted by molar-refractivity contribution is 5.97. The van der Waals surface area contributed by atoms with E-state index in [4.69, 9.17) is 4.74 Å². The first-order valence-corrected chi connectivity index (χ1v) is 8.68. The van der Waals surface area contributed by atoms with Crippen LogP contribution in [0.25, 0.3) is 11.0 Å². The number of rotatable bonds is 4. The maximum Gasteiger partial charge on any atom is 0.254 e. The van der Waals surface area contributed by atoms with Crippen LogP contribution in [-0.2, 0) is 11.2 Å². The highest BCUT2D eigenvalue weighted by Crippen LogP contribution is 2.17. The van der Waals surface area contributed by atoms with Gasteiger partial charge in [-0.3, -0.25) is 4.79 Å². The van der Waals surface area contributed by atoms with Crippen LogP contribution in [0.2, 0.25) is 0 Å². The van der Waals surface area contributed by atoms with E-state index in [0.29, 0.717) is 30.8 Å². The molecule has 3 aromatic rings. The fourth-order valence-corrected chi connectivity index (χ4v) is 3.19. The van der Waals surface area contributed by atoms with E-state index in [-0.39, 0.29) is 12.0 Å². The normalized spacial score (nSPS) is 17.6. The fraction of sp³-hybridized carbons (Fsp3) is 0.389. The van der Waals surface area contributed by atoms with Gasteiger partial charge in [0, 0.05) is 30.0 Å². The van der Waals surface area contributed by atoms with Crippen LogP contribution in [-0.4, -0.2) is 62.0 Å². The van der Waals surface area contributed by atoms with Crippen molar-refractivity contribution in [1.29, 1.82) is 0 Å². The summed E-state index contributed by atoms with van der Waals surface area (Å²) in [4.78, 5) is 23.1. The van der Waals surface area contributed by atoms with E-state index in [1.54, 1.807) is 24.5 Å². The van der Waals surface area contributed by atoms with Gasteiger partial charge in [-0.05, 0) is 44.0 Å². The first kappa shape index (κ1) is 16.6. The van der Waals surface area contributed by atoms with Crippen molar-refractivity contribution in [3.63, 3.8) is 0 Å². The lowest BCUT2D eigenvalue weighted by atomic mass is 10.1. The molecule has 4 rings (SSSR count). The molecule has 3 heterocycles. The number of hydrogen-bond donors (Lipinski definition) is 1. The van der Waals surface area contributed by atoms with Crippen molar-refractivity contribution >= 4 is 16.9 Å². The Morgan fingerprint density at radius 3 is 3.04 bits per heavy atom. The van der Waals surface area contributed by atoms with Crippen LogP contribution in [0, 0.1) is 6.92 Å². The molecule has 0 saturated carbocycles. The molecule has 1 fully saturated rings. The first-order valence-electron chi connectivity index (χ1n) is 8.68. The maximum absolute atomic E-state index is 12.8. The Balaban J connectivity index is 1.40. The van der Waals surface area contributed by atoms with Gasteiger partial charge in [0.05, 0.1) is 12.7 Å². The number of H-pyrrole nitrogens is 1. The van der Waals surface area contributed by atoms with E-state index in [0.717, 1.165) is 29.7 Å². The molecule has 1 saturated heterocycles. The molecule has 1 amide bonds. The Labute approximate surface area is 150 Å². The van der Waals surface area contributed by atoms with Crippen molar-refractivity contribution in [3.05, 3.63) is 47.5 Å². The molecule has 134 valence electrons. The molecular weight excluding hydrogens is 332 g/mol. The van der Waals surface area contributed by atoms with Crippen LogP contribution in [0.5, 0.6) is 0 Å². The third-order valence-corrected chi connectivity index (χ3v) is 4.57. The summed E-state index contributed by atoms with van der Waals surface area (Å²) >= 11 is 0. The minimum absolute atomic E-state index is 0.00100. The van der Waals surface area contributed by atoms with Crippen molar-refractivity contribution in [3.8, 4) is 0 Å². The van der Waals surface area contributed by atoms with Crippen molar-refractivity contribution in [2.45, 2.75) is 25.9 Å². The summed E-state index contributed by atoms with van der Waals surface area (Å²) in [6, 6.07) is 7.36. The summed E-state index contributed by atoms with van der Waals surface area (Å²) in [6.45, 7) is 3.68. The molecule has 8 heteroatoms. The summed E-state index contributed by atoms with van der Waals surface area (Å²) in [5.41, 5.74) is 4.03. The lowest BCUT2D eigenvalue weighted by Gasteiger charge is -2.33. The molecule has 1 aliphatic heterocycles. The number of nitrogens with zero attached hydrogens (tertiary/aromatic N) is 5. The second-order valence-electron chi connectivity index (χ2n) is 6.46. The molecule has 1 aliphatic rings. The summed E-state index contributed by atoms with van der Waals surface area (Å²) in [7, 11) is 0. The Morgan fingerprint density at radius 1 is 1.27 bits per heavy atom. The van der Waals surface area contributed by atoms with E-state index >= 15 is 0 Å². The highest BCUT2D eigenvalue weighted by Gasteiger charge is 2.25. The van der Waals surface area contributed by atoms with Crippen molar-refractivity contribution < 1.29 is 9.53 Å². The average molecular weight is 352 g/mol. The third kappa shape index (κ3) is 3.55. The number of aromatic nitrogens is 5. The van der Waals surface area contributed by atoms with Gasteiger partial charge in [-0.2, -0.15) is 15.4 Å². The van der Waals surface area contributed by atoms with Crippen molar-refractivity contribution in [1.82, 2.24) is 30.3 Å². The molecular formula is C18H20N6O2. The zero-order valence-corrected chi connectivity index (χ0v) is 14.6. The molecule has 1 N–H and O–H groups in total. The number of ether oxygens (including phenoxy) is 1. The molecule has 1 aromatic carbocycles. The van der Waals surface area contributed by atoms with E-state index in [9.17, 15) is 4.79 Å². The predicted molar refractivity (Wildman–Crippen MR) is 94.6 cm³/mol. The maximum atomic E-state index is 12.8. The average Bonchev–Trinajstić information content (AvgIpc) is 3.14. The number of amides is 1. The number of carbonyl (C=O) groups is 1. The van der Waals surface area contributed by atoms with Crippen molar-refractivity contribution in [2.24, 2.45) is 0 Å². The van der Waals surface area contributed by atoms with E-state index in [2.05, 4.69) is 25.4 Å². The summed E-state index contributed by atoms with van der Waals surface area (Å²) in [6.07, 6.45) is 3.23. The zero-order valence-electron chi connectivity index (χ0n) is 14.6. The predicted octanol–water partition coefficient (Wildman–Crippen LogP) is 1.53. The van der Waals surface area contributed by atoms with Gasteiger partial charge in [0.2, 0.25) is 0 Å². The van der Waals surface area contributed by atoms with Crippen LogP contribution < -0.4 is 0 Å². The Bertz CT molecular complexity index is 925. The van der Waals surface area contributed by atoms with Crippen LogP contribution >= 0.6 is 0 Å². The van der Waals surface area contributed by atoms with Crippen LogP contribution in [0.3, 0.4) is 0 Å². The smallest absolute Gasteiger partial charge is 0.254 e. The number of aryl methyl sites for hydroxylation is 2. The van der Waals surface area contributed by atoms with E-state index < -0.39 is 0 Å². The molecule has 1 atom stereocenters. The molecule has 0 radical (unpaired) electrons. The van der Waals surface area contributed by atoms with Gasteiger partial charge in [-0.15, -0.1) is 0 Å². The van der Waals surface area contributed by atoms with Gasteiger partial charge < -0.3 is 9.64 Å². The molecule has 0 aliphatic carbocycles. The molecule has 8 nitrogen and oxygen atoms in total. The summed E-state index contributed by atoms with van der Waals surface area (Å²) in [5, 5.41) is 10.6. The number of nitrogens with one attached hydrogen (secondary N) is 1. The number of fused-ring (bicyclic) bond motifs is 1. The van der Waals surface area contributed by atoms with Crippen LogP contribution in [0.15, 0.2) is 30.6 Å². The minimum Gasteiger partial charge on any atom is -0.375 e. The fourth-order valence-electron chi connectivity index (χ4n) is 3.19. The lowest BCUT2D eigenvalue weighted by Crippen LogP contribution is -2.45. The minimum atomic E-state index is 0.00100. The van der Waals surface area contributed by atoms with Gasteiger partial charge in [0.25, 0.3) is 5.91 Å². The van der Waals surface area contributed by atoms with Gasteiger partial charge in [-0.25, -0.2) is 9.97 Å². The number of morpholine rings is 1. The molecule has 0 spiro atoms. The number of aromatic amines is 1. The molecule has 0 unspecified atom stereocenters. The summed E-state index contributed by atoms with van der Waals surface area (Å²) < 4.78 is 5.84. The SMILES string of the molecule is Cc1cc(CC[C@@H]2CN(C(=O)c3ccc4n[nH]nc4c3)CCO2)ncn1. The third-order valence-electron chi connectivity index (χ3n) is 4.57. The standard InChI is InChI=1S/C18H20N6O2/c1-12-8-14(20-11-19-12)3-4-15-10-24(6-7-26-15)18(25)13-2-5-16-17(9-13)22-23-21-16/h2,5,8-9,11,15H,3-4,6-7,10H2,1H3,(H,21,22,23)/t15-/m1/s1. The number of hydrogen-bond acceptors (Lipinski definition) is 6. The number of benzene rings is 1. The summed E-state index contributed by atoms with van der Waals surface area (Å²) in [5.74, 6) is 0.00100. The van der Waals surface area contributed by atoms with Gasteiger partial charge in [0.15, 0.2) is 0 Å². The van der Waals surface area contributed by atoms with E-state index in [1.165, 1.54) is 0 Å². The van der Waals surface area contributed by atoms with Crippen LogP contribution in [0.4, 0.5) is 0 Å². The highest BCUT2D eigenvalue weighted by atomic mass is 16.5. The monoisotopic (exact) mass is 352 g/mol. The van der Waals surface area contributed by atoms with E-state index in [1.807, 2.05) is 17.9 Å².